The van der Waals surface area contributed by atoms with Crippen LogP contribution in [0.2, 0.25) is 0 Å². The fourth-order valence-corrected chi connectivity index (χ4v) is 2.57. The first-order valence-corrected chi connectivity index (χ1v) is 7.70. The smallest absolute Gasteiger partial charge is 0.225 e. The lowest BCUT2D eigenvalue weighted by molar-refractivity contribution is -0.125. The number of halogens is 1. The molecule has 2 aromatic carbocycles. The van der Waals surface area contributed by atoms with Crippen molar-refractivity contribution in [1.29, 1.82) is 0 Å². The Morgan fingerprint density at radius 3 is 2.57 bits per heavy atom. The van der Waals surface area contributed by atoms with Crippen molar-refractivity contribution in [1.82, 2.24) is 5.32 Å². The molecule has 2 rings (SSSR count). The predicted molar refractivity (Wildman–Crippen MR) is 88.5 cm³/mol. The number of carbonyl (C=O) groups excluding carboxylic acids is 1. The predicted octanol–water partition coefficient (Wildman–Crippen LogP) is 3.40. The molecule has 3 N–H and O–H groups in total. The number of amides is 1. The van der Waals surface area contributed by atoms with Gasteiger partial charge in [0.1, 0.15) is 0 Å². The van der Waals surface area contributed by atoms with Gasteiger partial charge in [0.25, 0.3) is 0 Å². The van der Waals surface area contributed by atoms with Gasteiger partial charge in [-0.05, 0) is 23.3 Å². The van der Waals surface area contributed by atoms with E-state index in [-0.39, 0.29) is 17.9 Å². The molecule has 21 heavy (non-hydrogen) atoms. The number of rotatable bonds is 5. The summed E-state index contributed by atoms with van der Waals surface area (Å²) in [5.41, 5.74) is 8.19. The fraction of sp³-hybridized carbons (Fsp3) is 0.235. The Balaban J connectivity index is 1.94. The van der Waals surface area contributed by atoms with E-state index < -0.39 is 0 Å². The van der Waals surface area contributed by atoms with E-state index in [1.807, 2.05) is 61.5 Å². The van der Waals surface area contributed by atoms with Crippen LogP contribution in [0, 0.1) is 5.92 Å². The molecule has 110 valence electrons. The second-order valence-corrected chi connectivity index (χ2v) is 5.99. The van der Waals surface area contributed by atoms with E-state index in [9.17, 15) is 4.79 Å². The average molecular weight is 347 g/mol. The Hall–Kier alpha value is -1.65. The van der Waals surface area contributed by atoms with Crippen LogP contribution >= 0.6 is 15.9 Å². The summed E-state index contributed by atoms with van der Waals surface area (Å²) in [6.07, 6.45) is 0. The minimum Gasteiger partial charge on any atom is -0.352 e. The highest BCUT2D eigenvalue weighted by Gasteiger charge is 2.21. The van der Waals surface area contributed by atoms with Crippen LogP contribution in [0.3, 0.4) is 0 Å². The molecule has 0 aliphatic carbocycles. The summed E-state index contributed by atoms with van der Waals surface area (Å²) >= 11 is 3.42. The lowest BCUT2D eigenvalue weighted by atomic mass is 9.94. The van der Waals surface area contributed by atoms with Crippen LogP contribution in [0.25, 0.3) is 0 Å². The molecule has 0 bridgehead atoms. The molecule has 1 amide bonds. The van der Waals surface area contributed by atoms with Gasteiger partial charge in [0.15, 0.2) is 0 Å². The third kappa shape index (κ3) is 4.41. The largest absolute Gasteiger partial charge is 0.352 e. The monoisotopic (exact) mass is 346 g/mol. The van der Waals surface area contributed by atoms with Crippen LogP contribution in [0.5, 0.6) is 0 Å². The van der Waals surface area contributed by atoms with E-state index >= 15 is 0 Å². The van der Waals surface area contributed by atoms with Crippen molar-refractivity contribution in [2.75, 3.05) is 0 Å². The number of nitrogens with one attached hydrogen (secondary N) is 1. The van der Waals surface area contributed by atoms with Gasteiger partial charge in [-0.1, -0.05) is 65.3 Å². The first-order chi connectivity index (χ1) is 10.1. The first-order valence-electron chi connectivity index (χ1n) is 6.90. The van der Waals surface area contributed by atoms with Crippen molar-refractivity contribution >= 4 is 21.8 Å². The van der Waals surface area contributed by atoms with Crippen LogP contribution in [-0.4, -0.2) is 5.91 Å². The Bertz CT molecular complexity index is 601. The van der Waals surface area contributed by atoms with E-state index in [0.717, 1.165) is 15.6 Å². The molecule has 0 aliphatic rings. The molecule has 0 aliphatic heterocycles. The molecule has 0 saturated carbocycles. The number of benzene rings is 2. The Kier molecular flexibility index (Phi) is 5.53. The Morgan fingerprint density at radius 2 is 1.90 bits per heavy atom. The Labute approximate surface area is 133 Å². The van der Waals surface area contributed by atoms with Gasteiger partial charge in [-0.25, -0.2) is 0 Å². The van der Waals surface area contributed by atoms with Crippen molar-refractivity contribution in [2.45, 2.75) is 19.5 Å². The van der Waals surface area contributed by atoms with Gasteiger partial charge in [-0.2, -0.15) is 0 Å². The highest BCUT2D eigenvalue weighted by Crippen LogP contribution is 2.19. The first kappa shape index (κ1) is 15.7. The second-order valence-electron chi connectivity index (χ2n) is 5.07. The molecule has 0 aromatic heterocycles. The maximum atomic E-state index is 12.2. The fourth-order valence-electron chi connectivity index (χ4n) is 2.12. The highest BCUT2D eigenvalue weighted by atomic mass is 79.9. The topological polar surface area (TPSA) is 55.1 Å². The average Bonchev–Trinajstić information content (AvgIpc) is 2.52. The summed E-state index contributed by atoms with van der Waals surface area (Å²) in [4.78, 5) is 12.2. The van der Waals surface area contributed by atoms with E-state index in [0.29, 0.717) is 6.54 Å². The molecular formula is C17H19BrN2O. The number of hydrogen-bond acceptors (Lipinski definition) is 2. The van der Waals surface area contributed by atoms with Gasteiger partial charge >= 0.3 is 0 Å². The van der Waals surface area contributed by atoms with Crippen LogP contribution in [0.1, 0.15) is 24.1 Å². The second kappa shape index (κ2) is 7.38. The maximum Gasteiger partial charge on any atom is 0.225 e. The lowest BCUT2D eigenvalue weighted by Crippen LogP contribution is -2.35. The number of carbonyl (C=O) groups is 1. The van der Waals surface area contributed by atoms with Crippen molar-refractivity contribution in [3.8, 4) is 0 Å². The van der Waals surface area contributed by atoms with Crippen molar-refractivity contribution in [2.24, 2.45) is 11.7 Å². The molecule has 0 spiro atoms. The third-order valence-corrected chi connectivity index (χ3v) is 3.99. The number of nitrogens with two attached hydrogens (primary N) is 1. The minimum atomic E-state index is -0.297. The zero-order valence-corrected chi connectivity index (χ0v) is 13.5. The normalized spacial score (nSPS) is 13.5. The van der Waals surface area contributed by atoms with Crippen molar-refractivity contribution in [3.63, 3.8) is 0 Å². The lowest BCUT2D eigenvalue weighted by Gasteiger charge is -2.19. The summed E-state index contributed by atoms with van der Waals surface area (Å²) in [6, 6.07) is 17.3. The summed E-state index contributed by atoms with van der Waals surface area (Å²) in [7, 11) is 0. The Morgan fingerprint density at radius 1 is 1.19 bits per heavy atom. The SMILES string of the molecule is CC(C(=O)NCc1cccc(Br)c1)C(N)c1ccccc1. The molecule has 2 aromatic rings. The molecule has 2 atom stereocenters. The zero-order chi connectivity index (χ0) is 15.2. The van der Waals surface area contributed by atoms with E-state index in [4.69, 9.17) is 5.73 Å². The molecule has 0 heterocycles. The van der Waals surface area contributed by atoms with Gasteiger partial charge in [0, 0.05) is 17.1 Å². The van der Waals surface area contributed by atoms with E-state index in [1.54, 1.807) is 0 Å². The molecule has 0 radical (unpaired) electrons. The maximum absolute atomic E-state index is 12.2. The van der Waals surface area contributed by atoms with E-state index in [2.05, 4.69) is 21.2 Å². The third-order valence-electron chi connectivity index (χ3n) is 3.49. The van der Waals surface area contributed by atoms with Gasteiger partial charge in [-0.15, -0.1) is 0 Å². The van der Waals surface area contributed by atoms with Gasteiger partial charge in [-0.3, -0.25) is 4.79 Å². The van der Waals surface area contributed by atoms with Crippen LogP contribution in [0.15, 0.2) is 59.1 Å². The van der Waals surface area contributed by atoms with Crippen LogP contribution in [-0.2, 0) is 11.3 Å². The van der Waals surface area contributed by atoms with Crippen molar-refractivity contribution < 1.29 is 4.79 Å². The summed E-state index contributed by atoms with van der Waals surface area (Å²) in [6.45, 7) is 2.36. The molecule has 0 saturated heterocycles. The molecule has 4 heteroatoms. The molecular weight excluding hydrogens is 328 g/mol. The number of hydrogen-bond donors (Lipinski definition) is 2. The standard InChI is InChI=1S/C17H19BrN2O/c1-12(16(19)14-7-3-2-4-8-14)17(21)20-11-13-6-5-9-15(18)10-13/h2-10,12,16H,11,19H2,1H3,(H,20,21). The summed E-state index contributed by atoms with van der Waals surface area (Å²) in [5, 5.41) is 2.94. The van der Waals surface area contributed by atoms with Gasteiger partial charge in [0.05, 0.1) is 5.92 Å². The molecule has 3 nitrogen and oxygen atoms in total. The summed E-state index contributed by atoms with van der Waals surface area (Å²) < 4.78 is 1.00. The van der Waals surface area contributed by atoms with Gasteiger partial charge < -0.3 is 11.1 Å². The quantitative estimate of drug-likeness (QED) is 0.871. The van der Waals surface area contributed by atoms with E-state index in [1.165, 1.54) is 0 Å². The van der Waals surface area contributed by atoms with Crippen LogP contribution < -0.4 is 11.1 Å². The summed E-state index contributed by atoms with van der Waals surface area (Å²) in [5.74, 6) is -0.314. The van der Waals surface area contributed by atoms with Gasteiger partial charge in [0.2, 0.25) is 5.91 Å². The van der Waals surface area contributed by atoms with Crippen LogP contribution in [0.4, 0.5) is 0 Å². The van der Waals surface area contributed by atoms with Crippen molar-refractivity contribution in [3.05, 3.63) is 70.2 Å². The molecule has 0 fully saturated rings. The highest BCUT2D eigenvalue weighted by molar-refractivity contribution is 9.10. The molecule has 2 unspecified atom stereocenters. The zero-order valence-electron chi connectivity index (χ0n) is 11.9. The minimum absolute atomic E-state index is 0.0358.